The molecule has 3 nitrogen and oxygen atoms in total. The molecule has 0 unspecified atom stereocenters. The molecule has 1 aromatic rings. The third-order valence-corrected chi connectivity index (χ3v) is 3.65. The monoisotopic (exact) mass is 260 g/mol. The molecule has 0 bridgehead atoms. The van der Waals surface area contributed by atoms with Gasteiger partial charge in [-0.25, -0.2) is 0 Å². The van der Waals surface area contributed by atoms with Gasteiger partial charge in [0.25, 0.3) is 0 Å². The largest absolute Gasteiger partial charge is 0.355 e. The summed E-state index contributed by atoms with van der Waals surface area (Å²) < 4.78 is 0. The zero-order chi connectivity index (χ0) is 13.7. The number of nitrogens with one attached hydrogen (secondary N) is 2. The highest BCUT2D eigenvalue weighted by molar-refractivity contribution is 5.78. The van der Waals surface area contributed by atoms with Crippen molar-refractivity contribution in [1.29, 1.82) is 0 Å². The van der Waals surface area contributed by atoms with Crippen LogP contribution in [0.1, 0.15) is 31.4 Å². The van der Waals surface area contributed by atoms with Crippen molar-refractivity contribution in [2.45, 2.75) is 39.2 Å². The van der Waals surface area contributed by atoms with Crippen molar-refractivity contribution in [2.24, 2.45) is 5.92 Å². The Labute approximate surface area is 115 Å². The molecule has 2 rings (SSSR count). The van der Waals surface area contributed by atoms with Crippen LogP contribution in [0.5, 0.6) is 0 Å². The smallest absolute Gasteiger partial charge is 0.233 e. The molecule has 0 aliphatic heterocycles. The number of carbonyl (C=O) groups is 1. The molecule has 0 spiro atoms. The zero-order valence-corrected chi connectivity index (χ0v) is 11.9. The normalized spacial score (nSPS) is 14.7. The molecular weight excluding hydrogens is 236 g/mol. The fraction of sp³-hybridized carbons (Fsp3) is 0.562. The molecule has 19 heavy (non-hydrogen) atoms. The van der Waals surface area contributed by atoms with E-state index in [0.29, 0.717) is 18.5 Å². The second-order valence-electron chi connectivity index (χ2n) is 5.79. The predicted octanol–water partition coefficient (Wildman–Crippen LogP) is 1.91. The lowest BCUT2D eigenvalue weighted by Gasteiger charge is -2.12. The van der Waals surface area contributed by atoms with E-state index in [2.05, 4.69) is 48.7 Å². The van der Waals surface area contributed by atoms with E-state index >= 15 is 0 Å². The van der Waals surface area contributed by atoms with E-state index in [1.807, 2.05) is 0 Å². The first-order chi connectivity index (χ1) is 9.15. The maximum absolute atomic E-state index is 11.7. The number of fused-ring (bicyclic) bond motifs is 1. The zero-order valence-electron chi connectivity index (χ0n) is 11.9. The standard InChI is InChI=1S/C16H24N2O/c1-12(2)7-8-17-16(19)11-18-15-9-13-5-3-4-6-14(13)10-15/h3-6,12,15,18H,7-11H2,1-2H3,(H,17,19). The number of benzene rings is 1. The summed E-state index contributed by atoms with van der Waals surface area (Å²) in [6.07, 6.45) is 3.12. The van der Waals surface area contributed by atoms with E-state index in [9.17, 15) is 4.79 Å². The molecule has 3 heteroatoms. The first-order valence-corrected chi connectivity index (χ1v) is 7.22. The van der Waals surface area contributed by atoms with Crippen LogP contribution in [0.2, 0.25) is 0 Å². The van der Waals surface area contributed by atoms with Crippen LogP contribution in [0.4, 0.5) is 0 Å². The van der Waals surface area contributed by atoms with Crippen LogP contribution < -0.4 is 10.6 Å². The Morgan fingerprint density at radius 2 is 1.89 bits per heavy atom. The summed E-state index contributed by atoms with van der Waals surface area (Å²) in [5.74, 6) is 0.745. The fourth-order valence-electron chi connectivity index (χ4n) is 2.50. The number of carbonyl (C=O) groups excluding carboxylic acids is 1. The third kappa shape index (κ3) is 4.35. The van der Waals surface area contributed by atoms with Gasteiger partial charge in [0.1, 0.15) is 0 Å². The van der Waals surface area contributed by atoms with Crippen molar-refractivity contribution in [1.82, 2.24) is 10.6 Å². The minimum Gasteiger partial charge on any atom is -0.355 e. The van der Waals surface area contributed by atoms with E-state index in [4.69, 9.17) is 0 Å². The van der Waals surface area contributed by atoms with Crippen LogP contribution >= 0.6 is 0 Å². The summed E-state index contributed by atoms with van der Waals surface area (Å²) >= 11 is 0. The van der Waals surface area contributed by atoms with Crippen LogP contribution in [0.25, 0.3) is 0 Å². The molecule has 2 N–H and O–H groups in total. The van der Waals surface area contributed by atoms with Gasteiger partial charge in [-0.3, -0.25) is 4.79 Å². The SMILES string of the molecule is CC(C)CCNC(=O)CNC1Cc2ccccc2C1. The van der Waals surface area contributed by atoms with Crippen LogP contribution in [-0.2, 0) is 17.6 Å². The molecule has 0 aromatic heterocycles. The Balaban J connectivity index is 1.66. The van der Waals surface area contributed by atoms with Crippen LogP contribution in [0.15, 0.2) is 24.3 Å². The van der Waals surface area contributed by atoms with Crippen molar-refractivity contribution < 1.29 is 4.79 Å². The molecule has 0 saturated carbocycles. The first kappa shape index (κ1) is 14.1. The molecule has 1 aromatic carbocycles. The van der Waals surface area contributed by atoms with Gasteiger partial charge >= 0.3 is 0 Å². The molecule has 1 amide bonds. The minimum atomic E-state index is 0.108. The first-order valence-electron chi connectivity index (χ1n) is 7.22. The van der Waals surface area contributed by atoms with E-state index in [0.717, 1.165) is 25.8 Å². The Bertz CT molecular complexity index is 404. The van der Waals surface area contributed by atoms with E-state index in [1.165, 1.54) is 11.1 Å². The average molecular weight is 260 g/mol. The third-order valence-electron chi connectivity index (χ3n) is 3.65. The van der Waals surface area contributed by atoms with Gasteiger partial charge in [-0.1, -0.05) is 38.1 Å². The van der Waals surface area contributed by atoms with E-state index < -0.39 is 0 Å². The average Bonchev–Trinajstić information content (AvgIpc) is 2.78. The van der Waals surface area contributed by atoms with Crippen LogP contribution in [-0.4, -0.2) is 25.0 Å². The Hall–Kier alpha value is -1.35. The number of hydrogen-bond acceptors (Lipinski definition) is 2. The second kappa shape index (κ2) is 6.71. The topological polar surface area (TPSA) is 41.1 Å². The predicted molar refractivity (Wildman–Crippen MR) is 78.1 cm³/mol. The van der Waals surface area contributed by atoms with E-state index in [-0.39, 0.29) is 5.91 Å². The highest BCUT2D eigenvalue weighted by atomic mass is 16.1. The number of amides is 1. The summed E-state index contributed by atoms with van der Waals surface area (Å²) in [6.45, 7) is 5.54. The molecule has 0 radical (unpaired) electrons. The Kier molecular flexibility index (Phi) is 4.97. The van der Waals surface area contributed by atoms with Gasteiger partial charge in [0.15, 0.2) is 0 Å². The number of hydrogen-bond donors (Lipinski definition) is 2. The lowest BCUT2D eigenvalue weighted by molar-refractivity contribution is -0.120. The van der Waals surface area contributed by atoms with Gasteiger partial charge in [0, 0.05) is 12.6 Å². The maximum Gasteiger partial charge on any atom is 0.233 e. The highest BCUT2D eigenvalue weighted by Crippen LogP contribution is 2.21. The lowest BCUT2D eigenvalue weighted by Crippen LogP contribution is -2.40. The summed E-state index contributed by atoms with van der Waals surface area (Å²) in [5.41, 5.74) is 2.83. The van der Waals surface area contributed by atoms with Crippen LogP contribution in [0.3, 0.4) is 0 Å². The molecule has 0 fully saturated rings. The lowest BCUT2D eigenvalue weighted by atomic mass is 10.1. The summed E-state index contributed by atoms with van der Waals surface area (Å²) in [5, 5.41) is 6.31. The highest BCUT2D eigenvalue weighted by Gasteiger charge is 2.20. The van der Waals surface area contributed by atoms with Crippen LogP contribution in [0, 0.1) is 5.92 Å². The Morgan fingerprint density at radius 3 is 2.47 bits per heavy atom. The van der Waals surface area contributed by atoms with Gasteiger partial charge in [0.2, 0.25) is 5.91 Å². The van der Waals surface area contributed by atoms with Gasteiger partial charge < -0.3 is 10.6 Å². The molecule has 1 aliphatic rings. The molecule has 104 valence electrons. The minimum absolute atomic E-state index is 0.108. The van der Waals surface area contributed by atoms with Crippen molar-refractivity contribution in [3.8, 4) is 0 Å². The van der Waals surface area contributed by atoms with Crippen molar-refractivity contribution in [2.75, 3.05) is 13.1 Å². The van der Waals surface area contributed by atoms with Gasteiger partial charge in [0.05, 0.1) is 6.54 Å². The van der Waals surface area contributed by atoms with Gasteiger partial charge in [-0.2, -0.15) is 0 Å². The van der Waals surface area contributed by atoms with Gasteiger partial charge in [-0.15, -0.1) is 0 Å². The quantitative estimate of drug-likeness (QED) is 0.820. The molecule has 1 aliphatic carbocycles. The second-order valence-corrected chi connectivity index (χ2v) is 5.79. The van der Waals surface area contributed by atoms with E-state index in [1.54, 1.807) is 0 Å². The molecule has 0 atom stereocenters. The summed E-state index contributed by atoms with van der Waals surface area (Å²) in [6, 6.07) is 8.94. The fourth-order valence-corrected chi connectivity index (χ4v) is 2.50. The number of rotatable bonds is 6. The van der Waals surface area contributed by atoms with Gasteiger partial charge in [-0.05, 0) is 36.3 Å². The Morgan fingerprint density at radius 1 is 1.26 bits per heavy atom. The molecule has 0 saturated heterocycles. The van der Waals surface area contributed by atoms with Crippen molar-refractivity contribution >= 4 is 5.91 Å². The summed E-state index contributed by atoms with van der Waals surface area (Å²) in [4.78, 5) is 11.7. The molecular formula is C16H24N2O. The summed E-state index contributed by atoms with van der Waals surface area (Å²) in [7, 11) is 0. The van der Waals surface area contributed by atoms with Crippen molar-refractivity contribution in [3.05, 3.63) is 35.4 Å². The maximum atomic E-state index is 11.7. The van der Waals surface area contributed by atoms with Crippen molar-refractivity contribution in [3.63, 3.8) is 0 Å². The molecule has 0 heterocycles.